The van der Waals surface area contributed by atoms with E-state index in [0.717, 1.165) is 20.6 Å². The predicted molar refractivity (Wildman–Crippen MR) is 105 cm³/mol. The third kappa shape index (κ3) is 3.47. The fourth-order valence-electron chi connectivity index (χ4n) is 3.03. The number of ether oxygens (including phenoxy) is 3. The van der Waals surface area contributed by atoms with E-state index in [4.69, 9.17) is 14.2 Å². The molecule has 0 bridgehead atoms. The summed E-state index contributed by atoms with van der Waals surface area (Å²) in [6.07, 6.45) is 2.70. The summed E-state index contributed by atoms with van der Waals surface area (Å²) in [5, 5.41) is 0. The minimum absolute atomic E-state index is 0.204. The van der Waals surface area contributed by atoms with Crippen molar-refractivity contribution in [1.82, 2.24) is 0 Å². The largest absolute Gasteiger partial charge is 0.454 e. The van der Waals surface area contributed by atoms with Crippen LogP contribution in [0.2, 0.25) is 0 Å². The molecule has 2 aromatic carbocycles. The number of sulfone groups is 1. The molecule has 1 aliphatic carbocycles. The van der Waals surface area contributed by atoms with E-state index in [1.165, 1.54) is 0 Å². The van der Waals surface area contributed by atoms with Crippen LogP contribution in [0.3, 0.4) is 0 Å². The molecule has 0 N–H and O–H groups in total. The molecule has 0 saturated heterocycles. The number of fused-ring (bicyclic) bond motifs is 1. The zero-order chi connectivity index (χ0) is 18.1. The third-order valence-corrected chi connectivity index (χ3v) is 7.37. The van der Waals surface area contributed by atoms with Gasteiger partial charge in [0, 0.05) is 8.48 Å². The van der Waals surface area contributed by atoms with Crippen molar-refractivity contribution in [3.8, 4) is 11.5 Å². The molecule has 1 aliphatic heterocycles. The number of benzene rings is 2. The molecule has 4 rings (SSSR count). The van der Waals surface area contributed by atoms with Gasteiger partial charge in [-0.3, -0.25) is 0 Å². The molecule has 7 heteroatoms. The minimum Gasteiger partial charge on any atom is -0.454 e. The first kappa shape index (κ1) is 17.8. The molecule has 0 radical (unpaired) electrons. The van der Waals surface area contributed by atoms with Crippen LogP contribution in [0, 0.1) is 3.57 Å². The quantitative estimate of drug-likeness (QED) is 0.600. The minimum atomic E-state index is -3.43. The Bertz CT molecular complexity index is 953. The number of hydrogen-bond donors (Lipinski definition) is 0. The van der Waals surface area contributed by atoms with Gasteiger partial charge in [0.25, 0.3) is 0 Å². The van der Waals surface area contributed by atoms with Crippen molar-refractivity contribution in [1.29, 1.82) is 0 Å². The lowest BCUT2D eigenvalue weighted by atomic mass is 10.2. The van der Waals surface area contributed by atoms with E-state index in [0.29, 0.717) is 29.2 Å². The highest BCUT2D eigenvalue weighted by Crippen LogP contribution is 2.36. The van der Waals surface area contributed by atoms with Gasteiger partial charge in [0.2, 0.25) is 16.6 Å². The summed E-state index contributed by atoms with van der Waals surface area (Å²) in [6.45, 7) is 0.635. The third-order valence-electron chi connectivity index (χ3n) is 4.44. The Balaban J connectivity index is 1.46. The number of hydrogen-bond acceptors (Lipinski definition) is 5. The van der Waals surface area contributed by atoms with Crippen molar-refractivity contribution >= 4 is 32.4 Å². The van der Waals surface area contributed by atoms with E-state index >= 15 is 0 Å². The topological polar surface area (TPSA) is 61.8 Å². The zero-order valence-electron chi connectivity index (χ0n) is 13.9. The molecule has 1 heterocycles. The van der Waals surface area contributed by atoms with E-state index in [1.807, 2.05) is 12.1 Å². The van der Waals surface area contributed by atoms with Gasteiger partial charge < -0.3 is 14.2 Å². The molecule has 2 aromatic rings. The lowest BCUT2D eigenvalue weighted by molar-refractivity contribution is 0.0716. The maximum absolute atomic E-state index is 12.7. The Hall–Kier alpha value is -1.58. The van der Waals surface area contributed by atoms with Gasteiger partial charge in [-0.05, 0) is 71.3 Å². The summed E-state index contributed by atoms with van der Waals surface area (Å²) in [7, 11) is -3.43. The average Bonchev–Trinajstić information content (AvgIpc) is 3.29. The summed E-state index contributed by atoms with van der Waals surface area (Å²) < 4.78 is 43.1. The van der Waals surface area contributed by atoms with Gasteiger partial charge in [-0.25, -0.2) is 8.42 Å². The highest BCUT2D eigenvalue weighted by atomic mass is 127. The van der Waals surface area contributed by atoms with Crippen LogP contribution >= 0.6 is 22.6 Å². The molecule has 136 valence electrons. The van der Waals surface area contributed by atoms with E-state index in [9.17, 15) is 8.42 Å². The van der Waals surface area contributed by atoms with Gasteiger partial charge in [-0.15, -0.1) is 0 Å². The van der Waals surface area contributed by atoms with Gasteiger partial charge in [0.1, 0.15) is 0 Å². The molecule has 5 nitrogen and oxygen atoms in total. The Morgan fingerprint density at radius 2 is 1.85 bits per heavy atom. The van der Waals surface area contributed by atoms with Gasteiger partial charge in [-0.1, -0.05) is 18.2 Å². The summed E-state index contributed by atoms with van der Waals surface area (Å²) in [6, 6.07) is 12.4. The second kappa shape index (κ2) is 7.21. The monoisotopic (exact) mass is 484 g/mol. The standard InChI is InChI=1S/C19H17IO5S/c20-17-10-19-18(24-12-25-19)8-13(17)11-23-14-6-7-16(9-14)26(21,22)15-4-2-1-3-5-15/h1-5,8-10,14H,6-7,11-12H2. The van der Waals surface area contributed by atoms with Crippen LogP contribution in [0.5, 0.6) is 11.5 Å². The SMILES string of the molecule is O=S(=O)(C1=CC(OCc2cc3c(cc2I)OCO3)CC1)c1ccccc1. The van der Waals surface area contributed by atoms with Crippen LogP contribution in [0.25, 0.3) is 0 Å². The molecule has 26 heavy (non-hydrogen) atoms. The van der Waals surface area contributed by atoms with E-state index < -0.39 is 9.84 Å². The second-order valence-corrected chi connectivity index (χ2v) is 9.30. The van der Waals surface area contributed by atoms with Crippen molar-refractivity contribution in [3.05, 3.63) is 62.6 Å². The molecule has 1 atom stereocenters. The smallest absolute Gasteiger partial charge is 0.231 e. The normalized spacial score (nSPS) is 18.8. The Morgan fingerprint density at radius 3 is 2.62 bits per heavy atom. The zero-order valence-corrected chi connectivity index (χ0v) is 16.8. The summed E-state index contributed by atoms with van der Waals surface area (Å²) >= 11 is 2.24. The molecule has 0 fully saturated rings. The Morgan fingerprint density at radius 1 is 1.12 bits per heavy atom. The van der Waals surface area contributed by atoms with Gasteiger partial charge >= 0.3 is 0 Å². The molecule has 0 spiro atoms. The average molecular weight is 484 g/mol. The second-order valence-electron chi connectivity index (χ2n) is 6.13. The van der Waals surface area contributed by atoms with Crippen molar-refractivity contribution < 1.29 is 22.6 Å². The Labute approximate surface area is 166 Å². The molecule has 0 saturated carbocycles. The molecular weight excluding hydrogens is 467 g/mol. The molecular formula is C19H17IO5S. The molecule has 2 aliphatic rings. The van der Waals surface area contributed by atoms with Crippen LogP contribution < -0.4 is 9.47 Å². The summed E-state index contributed by atoms with van der Waals surface area (Å²) in [4.78, 5) is 0.770. The van der Waals surface area contributed by atoms with Crippen molar-refractivity contribution in [2.24, 2.45) is 0 Å². The Kier molecular flexibility index (Phi) is 4.94. The first-order valence-electron chi connectivity index (χ1n) is 8.24. The fraction of sp³-hybridized carbons (Fsp3) is 0.263. The number of allylic oxidation sites excluding steroid dienone is 1. The first-order valence-corrected chi connectivity index (χ1v) is 10.8. The van der Waals surface area contributed by atoms with Crippen LogP contribution in [-0.4, -0.2) is 21.3 Å². The van der Waals surface area contributed by atoms with Gasteiger partial charge in [0.05, 0.1) is 17.6 Å². The van der Waals surface area contributed by atoms with E-state index in [2.05, 4.69) is 22.6 Å². The molecule has 0 amide bonds. The lowest BCUT2D eigenvalue weighted by Crippen LogP contribution is -2.07. The lowest BCUT2D eigenvalue weighted by Gasteiger charge is -2.11. The highest BCUT2D eigenvalue weighted by Gasteiger charge is 2.27. The maximum atomic E-state index is 12.7. The molecule has 1 unspecified atom stereocenters. The highest BCUT2D eigenvalue weighted by molar-refractivity contribution is 14.1. The van der Waals surface area contributed by atoms with Crippen LogP contribution in [-0.2, 0) is 21.2 Å². The van der Waals surface area contributed by atoms with Crippen molar-refractivity contribution in [2.45, 2.75) is 30.4 Å². The maximum Gasteiger partial charge on any atom is 0.231 e. The van der Waals surface area contributed by atoms with Crippen LogP contribution in [0.15, 0.2) is 58.3 Å². The predicted octanol–water partition coefficient (Wildman–Crippen LogP) is 4.06. The number of rotatable bonds is 5. The summed E-state index contributed by atoms with van der Waals surface area (Å²) in [5.74, 6) is 1.47. The van der Waals surface area contributed by atoms with Gasteiger partial charge in [0.15, 0.2) is 11.5 Å². The number of halogens is 1. The van der Waals surface area contributed by atoms with E-state index in [1.54, 1.807) is 36.4 Å². The van der Waals surface area contributed by atoms with Gasteiger partial charge in [-0.2, -0.15) is 0 Å². The molecule has 0 aromatic heterocycles. The van der Waals surface area contributed by atoms with Crippen molar-refractivity contribution in [3.63, 3.8) is 0 Å². The summed E-state index contributed by atoms with van der Waals surface area (Å²) in [5.41, 5.74) is 1.00. The fourth-order valence-corrected chi connectivity index (χ4v) is 5.16. The van der Waals surface area contributed by atoms with Crippen LogP contribution in [0.4, 0.5) is 0 Å². The van der Waals surface area contributed by atoms with Crippen LogP contribution in [0.1, 0.15) is 18.4 Å². The van der Waals surface area contributed by atoms with Crippen molar-refractivity contribution in [2.75, 3.05) is 6.79 Å². The first-order chi connectivity index (χ1) is 12.5. The van der Waals surface area contributed by atoms with E-state index in [-0.39, 0.29) is 12.9 Å².